The number of carbonyl (C=O) groups is 1. The van der Waals surface area contributed by atoms with Crippen LogP contribution in [0, 0.1) is 11.3 Å². The quantitative estimate of drug-likeness (QED) is 0.699. The van der Waals surface area contributed by atoms with Gasteiger partial charge in [0.15, 0.2) is 0 Å². The Balaban J connectivity index is 2.70. The zero-order valence-electron chi connectivity index (χ0n) is 9.59. The molecule has 0 saturated carbocycles. The second-order valence-electron chi connectivity index (χ2n) is 4.69. The molecule has 0 radical (unpaired) electrons. The van der Waals surface area contributed by atoms with Crippen LogP contribution in [-0.4, -0.2) is 30.3 Å². The Hall–Kier alpha value is -0.670. The van der Waals surface area contributed by atoms with Crippen molar-refractivity contribution in [2.75, 3.05) is 13.1 Å². The van der Waals surface area contributed by atoms with Crippen molar-refractivity contribution >= 4 is 5.91 Å². The summed E-state index contributed by atoms with van der Waals surface area (Å²) < 4.78 is 26.1. The summed E-state index contributed by atoms with van der Waals surface area (Å²) >= 11 is 0. The lowest BCUT2D eigenvalue weighted by Crippen LogP contribution is -2.47. The maximum Gasteiger partial charge on any atom is 0.244 e. The highest BCUT2D eigenvalue weighted by Crippen LogP contribution is 2.43. The highest BCUT2D eigenvalue weighted by molar-refractivity contribution is 5.73. The first-order chi connectivity index (χ1) is 6.90. The van der Waals surface area contributed by atoms with E-state index in [0.717, 1.165) is 0 Å². The lowest BCUT2D eigenvalue weighted by atomic mass is 9.70. The summed E-state index contributed by atoms with van der Waals surface area (Å²) in [7, 11) is 0. The number of hydrogen-bond donors (Lipinski definition) is 0. The van der Waals surface area contributed by atoms with Gasteiger partial charge in [-0.1, -0.05) is 13.8 Å². The topological polar surface area (TPSA) is 20.3 Å². The number of amides is 1. The van der Waals surface area contributed by atoms with Crippen molar-refractivity contribution in [2.24, 2.45) is 11.3 Å². The number of carbonyl (C=O) groups excluding carboxylic acids is 1. The number of halogens is 2. The molecule has 0 N–H and O–H groups in total. The Kier molecular flexibility index (Phi) is 3.68. The minimum atomic E-state index is -2.29. The van der Waals surface area contributed by atoms with Crippen molar-refractivity contribution in [3.05, 3.63) is 0 Å². The monoisotopic (exact) mass is 219 g/mol. The van der Waals surface area contributed by atoms with Crippen LogP contribution in [0.15, 0.2) is 0 Å². The Morgan fingerprint density at radius 3 is 2.00 bits per heavy atom. The van der Waals surface area contributed by atoms with Crippen molar-refractivity contribution in [3.8, 4) is 0 Å². The van der Waals surface area contributed by atoms with Gasteiger partial charge in [-0.15, -0.1) is 0 Å². The second-order valence-corrected chi connectivity index (χ2v) is 4.69. The molecule has 0 aromatic rings. The van der Waals surface area contributed by atoms with Gasteiger partial charge in [-0.05, 0) is 18.8 Å². The predicted molar refractivity (Wildman–Crippen MR) is 54.8 cm³/mol. The lowest BCUT2D eigenvalue weighted by Gasteiger charge is -2.43. The summed E-state index contributed by atoms with van der Waals surface area (Å²) in [6.45, 7) is 6.12. The average molecular weight is 219 g/mol. The van der Waals surface area contributed by atoms with Crippen molar-refractivity contribution in [1.82, 2.24) is 4.90 Å². The Morgan fingerprint density at radius 2 is 1.73 bits per heavy atom. The largest absolute Gasteiger partial charge is 0.343 e. The first-order valence-corrected chi connectivity index (χ1v) is 5.44. The molecule has 88 valence electrons. The highest BCUT2D eigenvalue weighted by Gasteiger charge is 2.45. The van der Waals surface area contributed by atoms with Gasteiger partial charge in [-0.3, -0.25) is 4.79 Å². The molecule has 1 rings (SSSR count). The van der Waals surface area contributed by atoms with Crippen molar-refractivity contribution in [3.63, 3.8) is 0 Å². The van der Waals surface area contributed by atoms with Gasteiger partial charge in [-0.25, -0.2) is 8.78 Å². The number of hydrogen-bond acceptors (Lipinski definition) is 1. The molecule has 0 atom stereocenters. The molecule has 1 fully saturated rings. The van der Waals surface area contributed by atoms with Gasteiger partial charge >= 0.3 is 0 Å². The van der Waals surface area contributed by atoms with E-state index in [1.807, 2.05) is 13.8 Å². The summed E-state index contributed by atoms with van der Waals surface area (Å²) in [5.41, 5.74) is -0.883. The number of piperidine rings is 1. The van der Waals surface area contributed by atoms with Crippen molar-refractivity contribution in [2.45, 2.75) is 40.0 Å². The molecule has 0 aromatic carbocycles. The van der Waals surface area contributed by atoms with E-state index in [-0.39, 0.29) is 11.8 Å². The highest BCUT2D eigenvalue weighted by atomic mass is 19.3. The average Bonchev–Trinajstić information content (AvgIpc) is 2.17. The minimum absolute atomic E-state index is 0.0124. The van der Waals surface area contributed by atoms with E-state index in [1.165, 1.54) is 6.92 Å². The minimum Gasteiger partial charge on any atom is -0.343 e. The van der Waals surface area contributed by atoms with Gasteiger partial charge in [0.25, 0.3) is 0 Å². The van der Waals surface area contributed by atoms with Crippen LogP contribution in [0.4, 0.5) is 8.78 Å². The first-order valence-electron chi connectivity index (χ1n) is 5.44. The molecule has 15 heavy (non-hydrogen) atoms. The third kappa shape index (κ3) is 2.29. The molecule has 0 bridgehead atoms. The molecule has 1 aliphatic rings. The SMILES string of the molecule is CC(=O)N1CCC(C(C)C)(C(F)F)CC1. The van der Waals surface area contributed by atoms with Crippen LogP contribution in [0.2, 0.25) is 0 Å². The second kappa shape index (κ2) is 4.45. The van der Waals surface area contributed by atoms with Crippen LogP contribution >= 0.6 is 0 Å². The van der Waals surface area contributed by atoms with Crippen molar-refractivity contribution < 1.29 is 13.6 Å². The fourth-order valence-corrected chi connectivity index (χ4v) is 2.29. The number of nitrogens with zero attached hydrogens (tertiary/aromatic N) is 1. The van der Waals surface area contributed by atoms with Gasteiger partial charge in [0.05, 0.1) is 0 Å². The Morgan fingerprint density at radius 1 is 1.27 bits per heavy atom. The number of alkyl halides is 2. The maximum atomic E-state index is 13.1. The van der Waals surface area contributed by atoms with E-state index in [0.29, 0.717) is 25.9 Å². The summed E-state index contributed by atoms with van der Waals surface area (Å²) in [6.07, 6.45) is -1.45. The molecule has 1 heterocycles. The molecule has 1 amide bonds. The molecule has 0 unspecified atom stereocenters. The summed E-state index contributed by atoms with van der Waals surface area (Å²) in [5, 5.41) is 0. The van der Waals surface area contributed by atoms with Gasteiger partial charge < -0.3 is 4.90 Å². The standard InChI is InChI=1S/C11H19F2NO/c1-8(2)11(10(12)13)4-6-14(7-5-11)9(3)15/h8,10H,4-7H2,1-3H3. The molecule has 0 aliphatic carbocycles. The number of rotatable bonds is 2. The molecule has 0 aromatic heterocycles. The van der Waals surface area contributed by atoms with Crippen LogP contribution in [0.3, 0.4) is 0 Å². The third-order valence-corrected chi connectivity index (χ3v) is 3.72. The van der Waals surface area contributed by atoms with Gasteiger partial charge in [0, 0.05) is 25.4 Å². The zero-order valence-corrected chi connectivity index (χ0v) is 9.59. The van der Waals surface area contributed by atoms with Gasteiger partial charge in [0.1, 0.15) is 0 Å². The molecule has 1 aliphatic heterocycles. The molecule has 4 heteroatoms. The molecular weight excluding hydrogens is 200 g/mol. The van der Waals surface area contributed by atoms with E-state index in [2.05, 4.69) is 0 Å². The van der Waals surface area contributed by atoms with E-state index in [9.17, 15) is 13.6 Å². The normalized spacial score (nSPS) is 21.1. The third-order valence-electron chi connectivity index (χ3n) is 3.72. The van der Waals surface area contributed by atoms with E-state index in [4.69, 9.17) is 0 Å². The molecule has 1 saturated heterocycles. The Bertz CT molecular complexity index is 223. The van der Waals surface area contributed by atoms with Crippen LogP contribution in [0.5, 0.6) is 0 Å². The predicted octanol–water partition coefficient (Wildman–Crippen LogP) is 2.54. The van der Waals surface area contributed by atoms with Crippen LogP contribution in [-0.2, 0) is 4.79 Å². The Labute approximate surface area is 89.6 Å². The van der Waals surface area contributed by atoms with Gasteiger partial charge in [-0.2, -0.15) is 0 Å². The van der Waals surface area contributed by atoms with E-state index in [1.54, 1.807) is 4.90 Å². The summed E-state index contributed by atoms with van der Waals surface area (Å²) in [5.74, 6) is -0.0479. The first kappa shape index (κ1) is 12.4. The smallest absolute Gasteiger partial charge is 0.244 e. The number of likely N-dealkylation sites (tertiary alicyclic amines) is 1. The zero-order chi connectivity index (χ0) is 11.6. The molecular formula is C11H19F2NO. The van der Waals surface area contributed by atoms with Crippen LogP contribution in [0.25, 0.3) is 0 Å². The fraction of sp³-hybridized carbons (Fsp3) is 0.909. The van der Waals surface area contributed by atoms with E-state index >= 15 is 0 Å². The molecule has 0 spiro atoms. The van der Waals surface area contributed by atoms with Crippen LogP contribution in [0.1, 0.15) is 33.6 Å². The lowest BCUT2D eigenvalue weighted by molar-refractivity contribution is -0.136. The molecule has 2 nitrogen and oxygen atoms in total. The summed E-state index contributed by atoms with van der Waals surface area (Å²) in [6, 6.07) is 0. The van der Waals surface area contributed by atoms with Crippen molar-refractivity contribution in [1.29, 1.82) is 0 Å². The van der Waals surface area contributed by atoms with Gasteiger partial charge in [0.2, 0.25) is 12.3 Å². The van der Waals surface area contributed by atoms with Crippen LogP contribution < -0.4 is 0 Å². The van der Waals surface area contributed by atoms with E-state index < -0.39 is 11.8 Å². The summed E-state index contributed by atoms with van der Waals surface area (Å²) in [4.78, 5) is 12.7. The fourth-order valence-electron chi connectivity index (χ4n) is 2.29. The maximum absolute atomic E-state index is 13.1.